The van der Waals surface area contributed by atoms with Crippen LogP contribution in [0.1, 0.15) is 5.56 Å². The Labute approximate surface area is 86.4 Å². The van der Waals surface area contributed by atoms with Gasteiger partial charge < -0.3 is 0 Å². The second-order valence-corrected chi connectivity index (χ2v) is 3.68. The molecule has 1 rings (SSSR count). The van der Waals surface area contributed by atoms with E-state index < -0.39 is 0 Å². The van der Waals surface area contributed by atoms with Crippen LogP contribution in [0.3, 0.4) is 0 Å². The normalized spacial score (nSPS) is 10.8. The van der Waals surface area contributed by atoms with Crippen molar-refractivity contribution in [3.05, 3.63) is 46.5 Å². The first-order valence-corrected chi connectivity index (χ1v) is 5.11. The number of alkyl halides is 1. The lowest BCUT2D eigenvalue weighted by Crippen LogP contribution is -1.79. The summed E-state index contributed by atoms with van der Waals surface area (Å²) in [5, 5.41) is 0. The smallest absolute Gasteiger partial charge is 0.0404 e. The van der Waals surface area contributed by atoms with Gasteiger partial charge in [0.1, 0.15) is 0 Å². The Bertz CT molecular complexity index is 251. The molecule has 1 aromatic carbocycles. The number of hydrogen-bond donors (Lipinski definition) is 0. The van der Waals surface area contributed by atoms with E-state index >= 15 is 0 Å². The fourth-order valence-corrected chi connectivity index (χ4v) is 1.29. The summed E-state index contributed by atoms with van der Waals surface area (Å²) in [6.45, 7) is 0. The third-order valence-corrected chi connectivity index (χ3v) is 2.23. The summed E-state index contributed by atoms with van der Waals surface area (Å²) in [5.74, 6) is 0.594. The molecule has 0 unspecified atom stereocenters. The van der Waals surface area contributed by atoms with E-state index in [9.17, 15) is 0 Å². The number of benzene rings is 1. The van der Waals surface area contributed by atoms with Crippen LogP contribution < -0.4 is 0 Å². The molecular formula is C10H10BrCl. The van der Waals surface area contributed by atoms with Crippen LogP contribution in [0.5, 0.6) is 0 Å². The Balaban J connectivity index is 2.53. The van der Waals surface area contributed by atoms with Crippen molar-refractivity contribution in [3.8, 4) is 0 Å². The molecule has 0 radical (unpaired) electrons. The summed E-state index contributed by atoms with van der Waals surface area (Å²) in [7, 11) is 0. The van der Waals surface area contributed by atoms with E-state index in [0.29, 0.717) is 5.88 Å². The number of rotatable bonds is 3. The summed E-state index contributed by atoms with van der Waals surface area (Å²) >= 11 is 8.89. The van der Waals surface area contributed by atoms with Crippen molar-refractivity contribution in [1.82, 2.24) is 0 Å². The van der Waals surface area contributed by atoms with Crippen molar-refractivity contribution < 1.29 is 0 Å². The quantitative estimate of drug-likeness (QED) is 0.561. The SMILES string of the molecule is ClC/C=C/Cc1ccc(Br)cc1. The molecule has 0 spiro atoms. The molecule has 0 aromatic heterocycles. The topological polar surface area (TPSA) is 0 Å². The Hall–Kier alpha value is -0.270. The van der Waals surface area contributed by atoms with E-state index in [1.807, 2.05) is 18.2 Å². The lowest BCUT2D eigenvalue weighted by atomic mass is 10.1. The van der Waals surface area contributed by atoms with Crippen LogP contribution in [-0.2, 0) is 6.42 Å². The van der Waals surface area contributed by atoms with E-state index in [0.717, 1.165) is 10.9 Å². The molecule has 0 N–H and O–H groups in total. The number of allylic oxidation sites excluding steroid dienone is 2. The third kappa shape index (κ3) is 3.42. The van der Waals surface area contributed by atoms with Gasteiger partial charge in [0, 0.05) is 10.4 Å². The van der Waals surface area contributed by atoms with Crippen LogP contribution in [0.2, 0.25) is 0 Å². The van der Waals surface area contributed by atoms with E-state index in [1.165, 1.54) is 5.56 Å². The maximum atomic E-state index is 5.50. The third-order valence-electron chi connectivity index (χ3n) is 1.52. The molecule has 0 aliphatic heterocycles. The molecule has 2 heteroatoms. The monoisotopic (exact) mass is 244 g/mol. The summed E-state index contributed by atoms with van der Waals surface area (Å²) < 4.78 is 1.12. The largest absolute Gasteiger partial charge is 0.122 e. The fourth-order valence-electron chi connectivity index (χ4n) is 0.903. The maximum Gasteiger partial charge on any atom is 0.0404 e. The molecule has 0 heterocycles. The molecule has 0 saturated heterocycles. The van der Waals surface area contributed by atoms with Gasteiger partial charge in [-0.15, -0.1) is 11.6 Å². The van der Waals surface area contributed by atoms with Gasteiger partial charge in [0.05, 0.1) is 0 Å². The molecule has 0 aliphatic rings. The molecular weight excluding hydrogens is 235 g/mol. The zero-order valence-electron chi connectivity index (χ0n) is 6.63. The average Bonchev–Trinajstić information content (AvgIpc) is 2.09. The lowest BCUT2D eigenvalue weighted by Gasteiger charge is -1.95. The molecule has 0 aliphatic carbocycles. The Morgan fingerprint density at radius 1 is 1.17 bits per heavy atom. The molecule has 12 heavy (non-hydrogen) atoms. The summed E-state index contributed by atoms with van der Waals surface area (Å²) in [5.41, 5.74) is 1.31. The minimum atomic E-state index is 0.594. The van der Waals surface area contributed by atoms with Crippen molar-refractivity contribution in [1.29, 1.82) is 0 Å². The summed E-state index contributed by atoms with van der Waals surface area (Å²) in [4.78, 5) is 0. The van der Waals surface area contributed by atoms with Gasteiger partial charge in [0.15, 0.2) is 0 Å². The van der Waals surface area contributed by atoms with Gasteiger partial charge in [0.2, 0.25) is 0 Å². The van der Waals surface area contributed by atoms with Crippen LogP contribution in [0.25, 0.3) is 0 Å². The molecule has 0 nitrogen and oxygen atoms in total. The van der Waals surface area contributed by atoms with Crippen LogP contribution in [-0.4, -0.2) is 5.88 Å². The van der Waals surface area contributed by atoms with Crippen molar-refractivity contribution in [3.63, 3.8) is 0 Å². The van der Waals surface area contributed by atoms with Crippen molar-refractivity contribution >= 4 is 27.5 Å². The minimum absolute atomic E-state index is 0.594. The molecule has 64 valence electrons. The summed E-state index contributed by atoms with van der Waals surface area (Å²) in [6, 6.07) is 8.29. The van der Waals surface area contributed by atoms with Crippen molar-refractivity contribution in [2.75, 3.05) is 5.88 Å². The van der Waals surface area contributed by atoms with E-state index in [2.05, 4.69) is 34.1 Å². The van der Waals surface area contributed by atoms with Crippen LogP contribution in [0.4, 0.5) is 0 Å². The fraction of sp³-hybridized carbons (Fsp3) is 0.200. The first kappa shape index (κ1) is 9.82. The maximum absolute atomic E-state index is 5.50. The highest BCUT2D eigenvalue weighted by Gasteiger charge is 1.88. The van der Waals surface area contributed by atoms with E-state index in [4.69, 9.17) is 11.6 Å². The Morgan fingerprint density at radius 2 is 1.83 bits per heavy atom. The molecule has 0 amide bonds. The highest BCUT2D eigenvalue weighted by molar-refractivity contribution is 9.10. The zero-order chi connectivity index (χ0) is 8.81. The zero-order valence-corrected chi connectivity index (χ0v) is 8.98. The number of halogens is 2. The standard InChI is InChI=1S/C10H10BrCl/c11-10-6-4-9(5-7-10)3-1-2-8-12/h1-2,4-7H,3,8H2/b2-1+. The highest BCUT2D eigenvalue weighted by atomic mass is 79.9. The van der Waals surface area contributed by atoms with E-state index in [1.54, 1.807) is 0 Å². The van der Waals surface area contributed by atoms with Crippen molar-refractivity contribution in [2.45, 2.75) is 6.42 Å². The van der Waals surface area contributed by atoms with Crippen LogP contribution >= 0.6 is 27.5 Å². The highest BCUT2D eigenvalue weighted by Crippen LogP contribution is 2.10. The van der Waals surface area contributed by atoms with Crippen LogP contribution in [0.15, 0.2) is 40.9 Å². The van der Waals surface area contributed by atoms with Gasteiger partial charge in [-0.1, -0.05) is 40.2 Å². The van der Waals surface area contributed by atoms with Crippen molar-refractivity contribution in [2.24, 2.45) is 0 Å². The molecule has 0 saturated carbocycles. The van der Waals surface area contributed by atoms with Gasteiger partial charge in [-0.05, 0) is 24.1 Å². The lowest BCUT2D eigenvalue weighted by molar-refractivity contribution is 1.26. The van der Waals surface area contributed by atoms with Gasteiger partial charge in [-0.3, -0.25) is 0 Å². The van der Waals surface area contributed by atoms with Gasteiger partial charge >= 0.3 is 0 Å². The van der Waals surface area contributed by atoms with Gasteiger partial charge in [0.25, 0.3) is 0 Å². The molecule has 0 atom stereocenters. The summed E-state index contributed by atoms with van der Waals surface area (Å²) in [6.07, 6.45) is 5.00. The van der Waals surface area contributed by atoms with Gasteiger partial charge in [-0.2, -0.15) is 0 Å². The van der Waals surface area contributed by atoms with Gasteiger partial charge in [-0.25, -0.2) is 0 Å². The van der Waals surface area contributed by atoms with Crippen LogP contribution in [0, 0.1) is 0 Å². The molecule has 1 aromatic rings. The second kappa shape index (κ2) is 5.39. The Morgan fingerprint density at radius 3 is 2.42 bits per heavy atom. The predicted octanol–water partition coefficient (Wildman–Crippen LogP) is 3.79. The molecule has 0 bridgehead atoms. The minimum Gasteiger partial charge on any atom is -0.122 e. The average molecular weight is 246 g/mol. The molecule has 0 fully saturated rings. The van der Waals surface area contributed by atoms with E-state index in [-0.39, 0.29) is 0 Å². The number of hydrogen-bond acceptors (Lipinski definition) is 0. The first-order chi connectivity index (χ1) is 5.83. The first-order valence-electron chi connectivity index (χ1n) is 3.78. The Kier molecular flexibility index (Phi) is 4.41. The predicted molar refractivity (Wildman–Crippen MR) is 57.7 cm³/mol. The second-order valence-electron chi connectivity index (χ2n) is 2.46.